The molecular weight excluding hydrogens is 315 g/mol. The van der Waals surface area contributed by atoms with Crippen molar-refractivity contribution in [1.82, 2.24) is 20.1 Å². The fourth-order valence-electron chi connectivity index (χ4n) is 2.48. The Morgan fingerprint density at radius 3 is 2.75 bits per heavy atom. The molecule has 0 saturated carbocycles. The van der Waals surface area contributed by atoms with Gasteiger partial charge in [0.05, 0.1) is 13.0 Å². The zero-order valence-corrected chi connectivity index (χ0v) is 12.9. The van der Waals surface area contributed by atoms with Gasteiger partial charge in [-0.1, -0.05) is 0 Å². The molecule has 124 valence electrons. The average Bonchev–Trinajstić information content (AvgIpc) is 2.92. The fourth-order valence-corrected chi connectivity index (χ4v) is 2.48. The predicted octanol–water partition coefficient (Wildman–Crippen LogP) is 0.885. The van der Waals surface area contributed by atoms with Gasteiger partial charge in [0.1, 0.15) is 5.82 Å². The predicted molar refractivity (Wildman–Crippen MR) is 86.1 cm³/mol. The van der Waals surface area contributed by atoms with Gasteiger partial charge in [-0.15, -0.1) is 0 Å². The van der Waals surface area contributed by atoms with Gasteiger partial charge >= 0.3 is 0 Å². The fraction of sp³-hybridized carbons (Fsp3) is 0.188. The summed E-state index contributed by atoms with van der Waals surface area (Å²) in [6.45, 7) is 0.274. The van der Waals surface area contributed by atoms with E-state index in [0.29, 0.717) is 0 Å². The summed E-state index contributed by atoms with van der Waals surface area (Å²) in [5.74, 6) is -0.637. The van der Waals surface area contributed by atoms with E-state index in [1.807, 2.05) is 0 Å². The van der Waals surface area contributed by atoms with Crippen LogP contribution in [0.2, 0.25) is 0 Å². The number of carbonyl (C=O) groups is 1. The number of likely N-dealkylation sites (N-methyl/N-ethyl adjacent to an activating group) is 1. The van der Waals surface area contributed by atoms with Gasteiger partial charge in [0.15, 0.2) is 0 Å². The SMILES string of the molecule is CN(Cc1cc2cc(F)ccc2[nH]1)C(=O)Cc1cc(=O)[nH][nH]c1=O. The number of aromatic amines is 3. The number of hydrogen-bond acceptors (Lipinski definition) is 3. The van der Waals surface area contributed by atoms with E-state index in [-0.39, 0.29) is 30.3 Å². The lowest BCUT2D eigenvalue weighted by Gasteiger charge is -2.16. The highest BCUT2D eigenvalue weighted by molar-refractivity contribution is 5.81. The molecule has 0 atom stereocenters. The zero-order valence-electron chi connectivity index (χ0n) is 12.9. The number of H-pyrrole nitrogens is 3. The van der Waals surface area contributed by atoms with Gasteiger partial charge in [0, 0.05) is 35.3 Å². The molecule has 0 saturated heterocycles. The maximum Gasteiger partial charge on any atom is 0.266 e. The van der Waals surface area contributed by atoms with Gasteiger partial charge in [-0.3, -0.25) is 24.6 Å². The maximum atomic E-state index is 13.2. The molecule has 8 heteroatoms. The summed E-state index contributed by atoms with van der Waals surface area (Å²) in [6.07, 6.45) is -0.176. The van der Waals surface area contributed by atoms with Crippen molar-refractivity contribution in [2.24, 2.45) is 0 Å². The highest BCUT2D eigenvalue weighted by Crippen LogP contribution is 2.17. The molecule has 3 N–H and O–H groups in total. The lowest BCUT2D eigenvalue weighted by Crippen LogP contribution is -2.31. The summed E-state index contributed by atoms with van der Waals surface area (Å²) in [5, 5.41) is 5.05. The Morgan fingerprint density at radius 2 is 1.96 bits per heavy atom. The van der Waals surface area contributed by atoms with Crippen LogP contribution in [0.1, 0.15) is 11.3 Å². The number of aromatic nitrogens is 3. The molecule has 3 rings (SSSR count). The third-order valence-corrected chi connectivity index (χ3v) is 3.71. The normalized spacial score (nSPS) is 10.9. The minimum absolute atomic E-state index is 0.106. The highest BCUT2D eigenvalue weighted by atomic mass is 19.1. The van der Waals surface area contributed by atoms with Crippen molar-refractivity contribution in [2.45, 2.75) is 13.0 Å². The lowest BCUT2D eigenvalue weighted by atomic mass is 10.2. The van der Waals surface area contributed by atoms with Gasteiger partial charge in [-0.25, -0.2) is 4.39 Å². The summed E-state index contributed by atoms with van der Waals surface area (Å²) in [6, 6.07) is 7.27. The van der Waals surface area contributed by atoms with Gasteiger partial charge in [0.25, 0.3) is 11.1 Å². The molecular formula is C16H15FN4O3. The molecule has 0 spiro atoms. The molecule has 3 aromatic rings. The second-order valence-electron chi connectivity index (χ2n) is 5.57. The van der Waals surface area contributed by atoms with Crippen molar-refractivity contribution < 1.29 is 9.18 Å². The first kappa shape index (κ1) is 15.7. The smallest absolute Gasteiger partial charge is 0.266 e. The van der Waals surface area contributed by atoms with Crippen LogP contribution in [0.3, 0.4) is 0 Å². The van der Waals surface area contributed by atoms with Gasteiger partial charge in [-0.05, 0) is 24.3 Å². The van der Waals surface area contributed by atoms with Crippen LogP contribution < -0.4 is 11.1 Å². The van der Waals surface area contributed by atoms with Crippen molar-refractivity contribution >= 4 is 16.8 Å². The number of fused-ring (bicyclic) bond motifs is 1. The monoisotopic (exact) mass is 330 g/mol. The van der Waals surface area contributed by atoms with E-state index in [4.69, 9.17) is 0 Å². The van der Waals surface area contributed by atoms with Crippen LogP contribution in [0.15, 0.2) is 39.9 Å². The van der Waals surface area contributed by atoms with E-state index in [1.165, 1.54) is 17.0 Å². The van der Waals surface area contributed by atoms with Gasteiger partial charge < -0.3 is 9.88 Å². The van der Waals surface area contributed by atoms with Crippen molar-refractivity contribution in [1.29, 1.82) is 0 Å². The third-order valence-electron chi connectivity index (χ3n) is 3.71. The zero-order chi connectivity index (χ0) is 17.3. The molecule has 2 aromatic heterocycles. The standard InChI is InChI=1S/C16H15FN4O3/c1-21(15(23)7-10-6-14(22)19-20-16(10)24)8-12-5-9-4-11(17)2-3-13(9)18-12/h2-6,18H,7-8H2,1H3,(H,19,22)(H,20,24). The average molecular weight is 330 g/mol. The summed E-state index contributed by atoms with van der Waals surface area (Å²) in [7, 11) is 1.59. The Bertz CT molecular complexity index is 1020. The van der Waals surface area contributed by atoms with Gasteiger partial charge in [-0.2, -0.15) is 0 Å². The number of amides is 1. The molecule has 0 aliphatic rings. The summed E-state index contributed by atoms with van der Waals surface area (Å²) >= 11 is 0. The van der Waals surface area contributed by atoms with Crippen LogP contribution in [-0.2, 0) is 17.8 Å². The number of nitrogens with one attached hydrogen (secondary N) is 3. The van der Waals surface area contributed by atoms with E-state index in [1.54, 1.807) is 19.2 Å². The van der Waals surface area contributed by atoms with Crippen LogP contribution in [0.4, 0.5) is 4.39 Å². The maximum absolute atomic E-state index is 13.2. The largest absolute Gasteiger partial charge is 0.357 e. The summed E-state index contributed by atoms with van der Waals surface area (Å²) in [5.41, 5.74) is 0.647. The van der Waals surface area contributed by atoms with E-state index >= 15 is 0 Å². The van der Waals surface area contributed by atoms with Crippen LogP contribution in [0.5, 0.6) is 0 Å². The second-order valence-corrected chi connectivity index (χ2v) is 5.57. The molecule has 0 unspecified atom stereocenters. The molecule has 0 aliphatic carbocycles. The quantitative estimate of drug-likeness (QED) is 0.662. The van der Waals surface area contributed by atoms with Crippen molar-refractivity contribution in [3.05, 3.63) is 68.1 Å². The first-order valence-corrected chi connectivity index (χ1v) is 7.24. The number of hydrogen-bond donors (Lipinski definition) is 3. The molecule has 0 aliphatic heterocycles. The number of benzene rings is 1. The first-order valence-electron chi connectivity index (χ1n) is 7.24. The Hall–Kier alpha value is -3.16. The first-order chi connectivity index (χ1) is 11.4. The highest BCUT2D eigenvalue weighted by Gasteiger charge is 2.14. The molecule has 1 aromatic carbocycles. The van der Waals surface area contributed by atoms with E-state index < -0.39 is 11.1 Å². The molecule has 0 bridgehead atoms. The van der Waals surface area contributed by atoms with E-state index in [2.05, 4.69) is 15.2 Å². The molecule has 2 heterocycles. The Labute approximate surface area is 135 Å². The topological polar surface area (TPSA) is 102 Å². The van der Waals surface area contributed by atoms with E-state index in [0.717, 1.165) is 22.7 Å². The number of rotatable bonds is 4. The number of carbonyl (C=O) groups excluding carboxylic acids is 1. The molecule has 1 amide bonds. The summed E-state index contributed by atoms with van der Waals surface area (Å²) < 4.78 is 13.2. The van der Waals surface area contributed by atoms with Crippen LogP contribution in [0, 0.1) is 5.82 Å². The molecule has 0 radical (unpaired) electrons. The van der Waals surface area contributed by atoms with E-state index in [9.17, 15) is 18.8 Å². The Kier molecular flexibility index (Phi) is 4.03. The van der Waals surface area contributed by atoms with Crippen molar-refractivity contribution in [3.8, 4) is 0 Å². The molecule has 7 nitrogen and oxygen atoms in total. The lowest BCUT2D eigenvalue weighted by molar-refractivity contribution is -0.129. The van der Waals surface area contributed by atoms with Crippen LogP contribution >= 0.6 is 0 Å². The number of nitrogens with zero attached hydrogens (tertiary/aromatic N) is 1. The second kappa shape index (κ2) is 6.15. The Morgan fingerprint density at radius 1 is 1.17 bits per heavy atom. The molecule has 24 heavy (non-hydrogen) atoms. The summed E-state index contributed by atoms with van der Waals surface area (Å²) in [4.78, 5) is 39.6. The van der Waals surface area contributed by atoms with Crippen LogP contribution in [-0.4, -0.2) is 33.0 Å². The van der Waals surface area contributed by atoms with Gasteiger partial charge in [0.2, 0.25) is 5.91 Å². The molecule has 0 fully saturated rings. The third kappa shape index (κ3) is 3.27. The van der Waals surface area contributed by atoms with Crippen molar-refractivity contribution in [2.75, 3.05) is 7.05 Å². The van der Waals surface area contributed by atoms with Crippen molar-refractivity contribution in [3.63, 3.8) is 0 Å². The Balaban J connectivity index is 1.74. The minimum Gasteiger partial charge on any atom is -0.357 e. The van der Waals surface area contributed by atoms with Crippen LogP contribution in [0.25, 0.3) is 10.9 Å². The number of halogens is 1. The minimum atomic E-state index is -0.502.